The molecule has 1 atom stereocenters. The highest BCUT2D eigenvalue weighted by Crippen LogP contribution is 2.25. The fourth-order valence-electron chi connectivity index (χ4n) is 2.45. The first-order valence-corrected chi connectivity index (χ1v) is 8.03. The number of ketones is 1. The van der Waals surface area contributed by atoms with E-state index in [-0.39, 0.29) is 24.8 Å². The van der Waals surface area contributed by atoms with Crippen LogP contribution in [-0.2, 0) is 37.0 Å². The Kier molecular flexibility index (Phi) is 5.82. The zero-order valence-electron chi connectivity index (χ0n) is 14.0. The van der Waals surface area contributed by atoms with Crippen LogP contribution in [0.5, 0.6) is 0 Å². The normalized spacial score (nSPS) is 16.8. The SMILES string of the molecule is COC1OC(COCc2ccccc2)=C(OCc2ccccc2)C1=O. The molecule has 1 aliphatic heterocycles. The van der Waals surface area contributed by atoms with Crippen LogP contribution in [0, 0.1) is 0 Å². The van der Waals surface area contributed by atoms with Gasteiger partial charge in [-0.25, -0.2) is 0 Å². The fraction of sp³-hybridized carbons (Fsp3) is 0.250. The number of methoxy groups -OCH3 is 1. The molecule has 0 aromatic heterocycles. The van der Waals surface area contributed by atoms with E-state index in [2.05, 4.69) is 0 Å². The average Bonchev–Trinajstić information content (AvgIpc) is 2.97. The van der Waals surface area contributed by atoms with Crippen LogP contribution < -0.4 is 0 Å². The molecule has 0 saturated heterocycles. The summed E-state index contributed by atoms with van der Waals surface area (Å²) in [4.78, 5) is 12.3. The molecule has 1 aliphatic rings. The third-order valence-electron chi connectivity index (χ3n) is 3.73. The van der Waals surface area contributed by atoms with Crippen molar-refractivity contribution in [3.63, 3.8) is 0 Å². The lowest BCUT2D eigenvalue weighted by Gasteiger charge is -2.09. The van der Waals surface area contributed by atoms with Gasteiger partial charge in [-0.3, -0.25) is 4.79 Å². The number of Topliss-reactive ketones (excluding diaryl/α,β-unsaturated/α-hetero) is 1. The minimum Gasteiger partial charge on any atom is -0.482 e. The van der Waals surface area contributed by atoms with Crippen molar-refractivity contribution in [3.8, 4) is 0 Å². The van der Waals surface area contributed by atoms with Gasteiger partial charge in [-0.15, -0.1) is 0 Å². The Morgan fingerprint density at radius 3 is 2.08 bits per heavy atom. The summed E-state index contributed by atoms with van der Waals surface area (Å²) in [6.07, 6.45) is -0.971. The maximum Gasteiger partial charge on any atom is 0.269 e. The van der Waals surface area contributed by atoms with E-state index in [9.17, 15) is 4.79 Å². The molecule has 0 saturated carbocycles. The van der Waals surface area contributed by atoms with Gasteiger partial charge in [0.2, 0.25) is 5.76 Å². The molecule has 0 fully saturated rings. The van der Waals surface area contributed by atoms with Gasteiger partial charge in [0.25, 0.3) is 12.1 Å². The Labute approximate surface area is 146 Å². The molecule has 130 valence electrons. The summed E-state index contributed by atoms with van der Waals surface area (Å²) in [5.41, 5.74) is 2.01. The number of carbonyl (C=O) groups is 1. The number of benzene rings is 2. The molecule has 0 spiro atoms. The van der Waals surface area contributed by atoms with Gasteiger partial charge in [-0.1, -0.05) is 60.7 Å². The van der Waals surface area contributed by atoms with Gasteiger partial charge >= 0.3 is 0 Å². The minimum absolute atomic E-state index is 0.143. The molecule has 1 unspecified atom stereocenters. The molecule has 0 amide bonds. The largest absolute Gasteiger partial charge is 0.482 e. The lowest BCUT2D eigenvalue weighted by Crippen LogP contribution is -2.21. The average molecular weight is 340 g/mol. The van der Waals surface area contributed by atoms with Crippen LogP contribution in [0.3, 0.4) is 0 Å². The van der Waals surface area contributed by atoms with Crippen LogP contribution in [0.2, 0.25) is 0 Å². The van der Waals surface area contributed by atoms with Crippen LogP contribution >= 0.6 is 0 Å². The number of ether oxygens (including phenoxy) is 4. The summed E-state index contributed by atoms with van der Waals surface area (Å²) in [6, 6.07) is 19.4. The quantitative estimate of drug-likeness (QED) is 0.739. The highest BCUT2D eigenvalue weighted by molar-refractivity contribution is 5.98. The number of hydrogen-bond donors (Lipinski definition) is 0. The van der Waals surface area contributed by atoms with Crippen molar-refractivity contribution in [2.24, 2.45) is 0 Å². The summed E-state index contributed by atoms with van der Waals surface area (Å²) >= 11 is 0. The molecule has 25 heavy (non-hydrogen) atoms. The van der Waals surface area contributed by atoms with Crippen LogP contribution in [0.1, 0.15) is 11.1 Å². The Bertz CT molecular complexity index is 724. The van der Waals surface area contributed by atoms with E-state index in [1.807, 2.05) is 60.7 Å². The molecule has 3 rings (SSSR count). The van der Waals surface area contributed by atoms with E-state index in [4.69, 9.17) is 18.9 Å². The van der Waals surface area contributed by atoms with Gasteiger partial charge in [0, 0.05) is 7.11 Å². The third-order valence-corrected chi connectivity index (χ3v) is 3.73. The van der Waals surface area contributed by atoms with Crippen LogP contribution in [0.25, 0.3) is 0 Å². The second kappa shape index (κ2) is 8.46. The molecule has 0 radical (unpaired) electrons. The molecular formula is C20H20O5. The van der Waals surface area contributed by atoms with Gasteiger partial charge < -0.3 is 18.9 Å². The highest BCUT2D eigenvalue weighted by atomic mass is 16.7. The topological polar surface area (TPSA) is 54.0 Å². The van der Waals surface area contributed by atoms with Gasteiger partial charge in [0.15, 0.2) is 5.76 Å². The Hall–Kier alpha value is -2.63. The van der Waals surface area contributed by atoms with Crippen molar-refractivity contribution in [2.45, 2.75) is 19.5 Å². The number of hydrogen-bond acceptors (Lipinski definition) is 5. The third kappa shape index (κ3) is 4.47. The molecule has 1 heterocycles. The molecular weight excluding hydrogens is 320 g/mol. The van der Waals surface area contributed by atoms with Gasteiger partial charge in [-0.2, -0.15) is 0 Å². The van der Waals surface area contributed by atoms with Crippen molar-refractivity contribution in [3.05, 3.63) is 83.3 Å². The molecule has 2 aromatic carbocycles. The standard InChI is InChI=1S/C20H20O5/c1-22-20-18(21)19(24-13-16-10-6-3-7-11-16)17(25-20)14-23-12-15-8-4-2-5-9-15/h2-11,20H,12-14H2,1H3. The molecule has 5 heteroatoms. The molecule has 0 aliphatic carbocycles. The van der Waals surface area contributed by atoms with Crippen LogP contribution in [0.15, 0.2) is 72.2 Å². The molecule has 0 bridgehead atoms. The summed E-state index contributed by atoms with van der Waals surface area (Å²) in [5.74, 6) is 0.212. The van der Waals surface area contributed by atoms with Crippen LogP contribution in [0.4, 0.5) is 0 Å². The summed E-state index contributed by atoms with van der Waals surface area (Å²) < 4.78 is 21.9. The van der Waals surface area contributed by atoms with E-state index in [1.54, 1.807) is 0 Å². The molecule has 0 N–H and O–H groups in total. The van der Waals surface area contributed by atoms with Crippen LogP contribution in [-0.4, -0.2) is 25.8 Å². The Morgan fingerprint density at radius 2 is 1.48 bits per heavy atom. The summed E-state index contributed by atoms with van der Waals surface area (Å²) in [7, 11) is 1.42. The summed E-state index contributed by atoms with van der Waals surface area (Å²) in [5, 5.41) is 0. The van der Waals surface area contributed by atoms with E-state index in [0.29, 0.717) is 12.4 Å². The minimum atomic E-state index is -0.971. The molecule has 2 aromatic rings. The van der Waals surface area contributed by atoms with Crippen molar-refractivity contribution in [1.82, 2.24) is 0 Å². The fourth-order valence-corrected chi connectivity index (χ4v) is 2.45. The van der Waals surface area contributed by atoms with Crippen molar-refractivity contribution < 1.29 is 23.7 Å². The lowest BCUT2D eigenvalue weighted by molar-refractivity contribution is -0.146. The van der Waals surface area contributed by atoms with E-state index in [1.165, 1.54) is 7.11 Å². The zero-order valence-corrected chi connectivity index (χ0v) is 14.0. The van der Waals surface area contributed by atoms with Crippen molar-refractivity contribution in [1.29, 1.82) is 0 Å². The van der Waals surface area contributed by atoms with Crippen molar-refractivity contribution in [2.75, 3.05) is 13.7 Å². The second-order valence-electron chi connectivity index (χ2n) is 5.55. The van der Waals surface area contributed by atoms with Crippen molar-refractivity contribution >= 4 is 5.78 Å². The van der Waals surface area contributed by atoms with Gasteiger partial charge in [-0.05, 0) is 11.1 Å². The highest BCUT2D eigenvalue weighted by Gasteiger charge is 2.37. The first-order valence-electron chi connectivity index (χ1n) is 8.03. The second-order valence-corrected chi connectivity index (χ2v) is 5.55. The predicted molar refractivity (Wildman–Crippen MR) is 91.2 cm³/mol. The van der Waals surface area contributed by atoms with E-state index < -0.39 is 6.29 Å². The van der Waals surface area contributed by atoms with E-state index in [0.717, 1.165) is 11.1 Å². The molecule has 5 nitrogen and oxygen atoms in total. The number of rotatable bonds is 8. The Balaban J connectivity index is 1.63. The zero-order chi connectivity index (χ0) is 17.5. The first kappa shape index (κ1) is 17.2. The Morgan fingerprint density at radius 1 is 0.880 bits per heavy atom. The van der Waals surface area contributed by atoms with E-state index >= 15 is 0 Å². The lowest BCUT2D eigenvalue weighted by atomic mass is 10.2. The summed E-state index contributed by atoms with van der Waals surface area (Å²) in [6.45, 7) is 0.847. The predicted octanol–water partition coefficient (Wildman–Crippen LogP) is 3.20. The maximum absolute atomic E-state index is 12.3. The maximum atomic E-state index is 12.3. The number of carbonyl (C=O) groups excluding carboxylic acids is 1. The monoisotopic (exact) mass is 340 g/mol. The van der Waals surface area contributed by atoms with Gasteiger partial charge in [0.1, 0.15) is 13.2 Å². The van der Waals surface area contributed by atoms with Gasteiger partial charge in [0.05, 0.1) is 6.61 Å². The first-order chi connectivity index (χ1) is 12.3. The smallest absolute Gasteiger partial charge is 0.269 e.